The third-order valence-corrected chi connectivity index (χ3v) is 5.88. The first kappa shape index (κ1) is 24.6. The van der Waals surface area contributed by atoms with Crippen molar-refractivity contribution in [1.82, 2.24) is 0 Å². The van der Waals surface area contributed by atoms with Crippen molar-refractivity contribution >= 4 is 13.8 Å². The fourth-order valence-electron chi connectivity index (χ4n) is 2.47. The van der Waals surface area contributed by atoms with E-state index in [1.807, 2.05) is 0 Å². The van der Waals surface area contributed by atoms with E-state index in [1.165, 1.54) is 0 Å². The summed E-state index contributed by atoms with van der Waals surface area (Å²) in [6, 6.07) is 0. The Bertz CT molecular complexity index is 362. The molecule has 0 fully saturated rings. The molecule has 0 aliphatic carbocycles. The highest BCUT2D eigenvalue weighted by atomic mass is 31.2. The third-order valence-electron chi connectivity index (χ3n) is 4.53. The maximum Gasteiger partial charge on any atom is 0.532 e. The van der Waals surface area contributed by atoms with Gasteiger partial charge in [-0.25, -0.2) is 4.57 Å². The summed E-state index contributed by atoms with van der Waals surface area (Å²) in [7, 11) is -3.84. The highest BCUT2D eigenvalue weighted by molar-refractivity contribution is 7.49. The fourth-order valence-corrected chi connectivity index (χ4v) is 3.81. The van der Waals surface area contributed by atoms with Crippen molar-refractivity contribution in [3.05, 3.63) is 0 Å². The first-order valence-corrected chi connectivity index (χ1v) is 11.5. The SMILES string of the molecule is CCCCC(CC)COP(=O)(OCC(CC)CCCC)OC(=O)CC. The van der Waals surface area contributed by atoms with Gasteiger partial charge in [0, 0.05) is 6.42 Å². The van der Waals surface area contributed by atoms with E-state index in [2.05, 4.69) is 27.7 Å². The molecule has 0 aromatic rings. The number of carbonyl (C=O) groups excluding carboxylic acids is 1. The van der Waals surface area contributed by atoms with E-state index in [0.717, 1.165) is 51.4 Å². The number of carbonyl (C=O) groups is 1. The number of unbranched alkanes of at least 4 members (excludes halogenated alkanes) is 2. The van der Waals surface area contributed by atoms with Crippen molar-refractivity contribution in [2.45, 2.75) is 92.4 Å². The molecule has 0 aliphatic rings. The molecule has 0 spiro atoms. The van der Waals surface area contributed by atoms with E-state index in [-0.39, 0.29) is 6.42 Å². The molecule has 0 radical (unpaired) electrons. The van der Waals surface area contributed by atoms with Crippen molar-refractivity contribution in [1.29, 1.82) is 0 Å². The van der Waals surface area contributed by atoms with Gasteiger partial charge in [0.1, 0.15) is 0 Å². The monoisotopic (exact) mass is 378 g/mol. The Labute approximate surface area is 154 Å². The zero-order valence-corrected chi connectivity index (χ0v) is 17.8. The average molecular weight is 378 g/mol. The van der Waals surface area contributed by atoms with Crippen LogP contribution in [0.2, 0.25) is 0 Å². The number of phosphoric acid groups is 1. The number of hydrogen-bond acceptors (Lipinski definition) is 5. The molecule has 5 nitrogen and oxygen atoms in total. The topological polar surface area (TPSA) is 61.8 Å². The molecule has 0 N–H and O–H groups in total. The molecule has 0 amide bonds. The average Bonchev–Trinajstić information content (AvgIpc) is 2.62. The summed E-state index contributed by atoms with van der Waals surface area (Å²) in [5.74, 6) is 0.0603. The lowest BCUT2D eigenvalue weighted by atomic mass is 10.0. The van der Waals surface area contributed by atoms with Crippen LogP contribution in [0.3, 0.4) is 0 Å². The van der Waals surface area contributed by atoms with Crippen LogP contribution in [0.15, 0.2) is 0 Å². The predicted octanol–water partition coefficient (Wildman–Crippen LogP) is 6.51. The van der Waals surface area contributed by atoms with Crippen LogP contribution in [0.4, 0.5) is 0 Å². The van der Waals surface area contributed by atoms with E-state index >= 15 is 0 Å². The number of hydrogen-bond donors (Lipinski definition) is 0. The van der Waals surface area contributed by atoms with Crippen LogP contribution in [-0.4, -0.2) is 19.2 Å². The van der Waals surface area contributed by atoms with Gasteiger partial charge in [0.15, 0.2) is 0 Å². The molecule has 0 aromatic carbocycles. The van der Waals surface area contributed by atoms with E-state index in [4.69, 9.17) is 13.6 Å². The van der Waals surface area contributed by atoms with Crippen LogP contribution in [-0.2, 0) is 22.9 Å². The molecule has 0 saturated heterocycles. The van der Waals surface area contributed by atoms with Crippen LogP contribution < -0.4 is 0 Å². The van der Waals surface area contributed by atoms with E-state index in [9.17, 15) is 9.36 Å². The minimum Gasteiger partial charge on any atom is -0.370 e. The predicted molar refractivity (Wildman–Crippen MR) is 103 cm³/mol. The Morgan fingerprint density at radius 3 is 1.60 bits per heavy atom. The standard InChI is InChI=1S/C19H39O5P/c1-6-11-13-17(8-3)15-22-25(21,24-19(20)10-5)23-16-18(9-4)14-12-7-2/h17-18H,6-16H2,1-5H3. The largest absolute Gasteiger partial charge is 0.532 e. The first-order chi connectivity index (χ1) is 11.9. The van der Waals surface area contributed by atoms with Crippen LogP contribution in [0.1, 0.15) is 92.4 Å². The molecule has 0 saturated carbocycles. The molecule has 150 valence electrons. The molecule has 6 heteroatoms. The van der Waals surface area contributed by atoms with Crippen molar-refractivity contribution in [3.63, 3.8) is 0 Å². The molecular weight excluding hydrogens is 339 g/mol. The van der Waals surface area contributed by atoms with Crippen molar-refractivity contribution in [3.8, 4) is 0 Å². The summed E-state index contributed by atoms with van der Waals surface area (Å²) >= 11 is 0. The smallest absolute Gasteiger partial charge is 0.370 e. The van der Waals surface area contributed by atoms with E-state index in [1.54, 1.807) is 6.92 Å². The van der Waals surface area contributed by atoms with Gasteiger partial charge in [-0.05, 0) is 24.7 Å². The lowest BCUT2D eigenvalue weighted by Crippen LogP contribution is -2.15. The molecular formula is C19H39O5P. The second kappa shape index (κ2) is 14.8. The number of phosphoric ester groups is 1. The van der Waals surface area contributed by atoms with Crippen LogP contribution >= 0.6 is 7.82 Å². The summed E-state index contributed by atoms with van der Waals surface area (Å²) in [5, 5.41) is 0. The zero-order valence-electron chi connectivity index (χ0n) is 16.9. The van der Waals surface area contributed by atoms with Crippen LogP contribution in [0.5, 0.6) is 0 Å². The molecule has 0 heterocycles. The van der Waals surface area contributed by atoms with Crippen LogP contribution in [0, 0.1) is 11.8 Å². The highest BCUT2D eigenvalue weighted by Crippen LogP contribution is 2.51. The van der Waals surface area contributed by atoms with Crippen molar-refractivity contribution in [2.75, 3.05) is 13.2 Å². The summed E-state index contributed by atoms with van der Waals surface area (Å²) in [6.45, 7) is 10.7. The molecule has 2 atom stereocenters. The number of rotatable bonds is 16. The third kappa shape index (κ3) is 11.8. The minimum atomic E-state index is -3.84. The van der Waals surface area contributed by atoms with Gasteiger partial charge >= 0.3 is 13.8 Å². The van der Waals surface area contributed by atoms with Gasteiger partial charge in [-0.2, -0.15) is 0 Å². The summed E-state index contributed by atoms with van der Waals surface area (Å²) in [4.78, 5) is 11.6. The summed E-state index contributed by atoms with van der Waals surface area (Å²) in [5.41, 5.74) is 0. The maximum atomic E-state index is 12.9. The first-order valence-electron chi connectivity index (χ1n) is 10.1. The normalized spacial score (nSPS) is 16.2. The van der Waals surface area contributed by atoms with Gasteiger partial charge in [0.05, 0.1) is 13.2 Å². The van der Waals surface area contributed by atoms with Gasteiger partial charge in [-0.15, -0.1) is 0 Å². The second-order valence-electron chi connectivity index (χ2n) is 6.69. The summed E-state index contributed by atoms with van der Waals surface area (Å²) in [6.07, 6.45) is 8.51. The molecule has 25 heavy (non-hydrogen) atoms. The Kier molecular flexibility index (Phi) is 14.5. The Morgan fingerprint density at radius 1 is 0.840 bits per heavy atom. The lowest BCUT2D eigenvalue weighted by Gasteiger charge is -2.22. The van der Waals surface area contributed by atoms with E-state index < -0.39 is 13.8 Å². The Balaban J connectivity index is 4.74. The minimum absolute atomic E-state index is 0.150. The van der Waals surface area contributed by atoms with Gasteiger partial charge in [-0.1, -0.05) is 73.1 Å². The zero-order chi connectivity index (χ0) is 19.1. The van der Waals surface area contributed by atoms with Crippen LogP contribution in [0.25, 0.3) is 0 Å². The fraction of sp³-hybridized carbons (Fsp3) is 0.947. The maximum absolute atomic E-state index is 12.9. The van der Waals surface area contributed by atoms with Crippen molar-refractivity contribution < 1.29 is 22.9 Å². The molecule has 0 aromatic heterocycles. The Hall–Kier alpha value is -0.380. The van der Waals surface area contributed by atoms with Crippen molar-refractivity contribution in [2.24, 2.45) is 11.8 Å². The van der Waals surface area contributed by atoms with Gasteiger partial charge < -0.3 is 4.52 Å². The molecule has 0 aliphatic heterocycles. The summed E-state index contributed by atoms with van der Waals surface area (Å²) < 4.78 is 29.0. The Morgan fingerprint density at radius 2 is 1.28 bits per heavy atom. The molecule has 2 unspecified atom stereocenters. The van der Waals surface area contributed by atoms with Gasteiger partial charge in [0.2, 0.25) is 0 Å². The lowest BCUT2D eigenvalue weighted by molar-refractivity contribution is -0.136. The van der Waals surface area contributed by atoms with Gasteiger partial charge in [0.25, 0.3) is 0 Å². The second-order valence-corrected chi connectivity index (χ2v) is 8.28. The van der Waals surface area contributed by atoms with Gasteiger partial charge in [-0.3, -0.25) is 13.8 Å². The molecule has 0 bridgehead atoms. The molecule has 0 rings (SSSR count). The highest BCUT2D eigenvalue weighted by Gasteiger charge is 2.32. The van der Waals surface area contributed by atoms with E-state index in [0.29, 0.717) is 25.0 Å². The quantitative estimate of drug-likeness (QED) is 0.286.